The van der Waals surface area contributed by atoms with Crippen LogP contribution in [0.1, 0.15) is 6.92 Å². The van der Waals surface area contributed by atoms with Crippen molar-refractivity contribution in [1.82, 2.24) is 15.0 Å². The van der Waals surface area contributed by atoms with Crippen LogP contribution in [0.4, 0.5) is 11.9 Å². The highest BCUT2D eigenvalue weighted by molar-refractivity contribution is 5.59. The molecule has 0 fully saturated rings. The number of nitrogens with two attached hydrogens (primary N) is 1. The second-order valence-electron chi connectivity index (χ2n) is 4.17. The van der Waals surface area contributed by atoms with Gasteiger partial charge in [0.1, 0.15) is 5.75 Å². The Morgan fingerprint density at radius 2 is 2.00 bits per heavy atom. The summed E-state index contributed by atoms with van der Waals surface area (Å²) in [7, 11) is 3.71. The molecule has 0 unspecified atom stereocenters. The molecule has 19 heavy (non-hydrogen) atoms. The van der Waals surface area contributed by atoms with Crippen molar-refractivity contribution in [2.75, 3.05) is 31.3 Å². The van der Waals surface area contributed by atoms with Crippen molar-refractivity contribution < 1.29 is 4.74 Å². The van der Waals surface area contributed by atoms with E-state index < -0.39 is 0 Å². The summed E-state index contributed by atoms with van der Waals surface area (Å²) in [6, 6.07) is 7.59. The number of nitrogen functional groups attached to an aromatic ring is 1. The highest BCUT2D eigenvalue weighted by Gasteiger charge is 2.09. The number of nitrogens with zero attached hydrogens (tertiary/aromatic N) is 4. The highest BCUT2D eigenvalue weighted by atomic mass is 16.5. The fourth-order valence-electron chi connectivity index (χ4n) is 1.60. The average Bonchev–Trinajstić information content (AvgIpc) is 2.38. The van der Waals surface area contributed by atoms with Crippen molar-refractivity contribution in [2.45, 2.75) is 6.92 Å². The fourth-order valence-corrected chi connectivity index (χ4v) is 1.60. The van der Waals surface area contributed by atoms with E-state index in [9.17, 15) is 0 Å². The van der Waals surface area contributed by atoms with Gasteiger partial charge in [-0.1, -0.05) is 12.1 Å². The third-order valence-electron chi connectivity index (χ3n) is 2.44. The first-order chi connectivity index (χ1) is 9.10. The van der Waals surface area contributed by atoms with Crippen LogP contribution in [0, 0.1) is 0 Å². The summed E-state index contributed by atoms with van der Waals surface area (Å²) in [6.45, 7) is 2.56. The smallest absolute Gasteiger partial charge is 0.230 e. The first kappa shape index (κ1) is 13.1. The van der Waals surface area contributed by atoms with Crippen molar-refractivity contribution in [1.29, 1.82) is 0 Å². The van der Waals surface area contributed by atoms with Crippen molar-refractivity contribution in [3.05, 3.63) is 24.3 Å². The molecule has 0 saturated heterocycles. The SMILES string of the molecule is CCOc1cccc(-c2nc(N)nc(N(C)C)n2)c1. The molecule has 100 valence electrons. The molecule has 0 saturated carbocycles. The molecule has 1 aromatic carbocycles. The van der Waals surface area contributed by atoms with Gasteiger partial charge < -0.3 is 15.4 Å². The van der Waals surface area contributed by atoms with Crippen LogP contribution in [0.5, 0.6) is 5.75 Å². The zero-order chi connectivity index (χ0) is 13.8. The number of rotatable bonds is 4. The van der Waals surface area contributed by atoms with Crippen molar-refractivity contribution >= 4 is 11.9 Å². The van der Waals surface area contributed by atoms with Crippen LogP contribution in [0.25, 0.3) is 11.4 Å². The Morgan fingerprint density at radius 3 is 2.68 bits per heavy atom. The van der Waals surface area contributed by atoms with E-state index in [1.165, 1.54) is 0 Å². The largest absolute Gasteiger partial charge is 0.494 e. The van der Waals surface area contributed by atoms with Crippen molar-refractivity contribution in [3.8, 4) is 17.1 Å². The van der Waals surface area contributed by atoms with Crippen molar-refractivity contribution in [2.24, 2.45) is 0 Å². The number of anilines is 2. The Morgan fingerprint density at radius 1 is 1.21 bits per heavy atom. The van der Waals surface area contributed by atoms with Crippen LogP contribution in [0.3, 0.4) is 0 Å². The Bertz CT molecular complexity index is 571. The normalized spacial score (nSPS) is 10.3. The highest BCUT2D eigenvalue weighted by Crippen LogP contribution is 2.22. The zero-order valence-corrected chi connectivity index (χ0v) is 11.3. The minimum atomic E-state index is 0.204. The van der Waals surface area contributed by atoms with Crippen LogP contribution in [0.2, 0.25) is 0 Å². The van der Waals surface area contributed by atoms with E-state index in [2.05, 4.69) is 15.0 Å². The monoisotopic (exact) mass is 259 g/mol. The summed E-state index contributed by atoms with van der Waals surface area (Å²) < 4.78 is 5.46. The molecule has 2 aromatic rings. The molecule has 2 N–H and O–H groups in total. The average molecular weight is 259 g/mol. The van der Waals surface area contributed by atoms with Gasteiger partial charge in [-0.15, -0.1) is 0 Å². The second kappa shape index (κ2) is 5.51. The van der Waals surface area contributed by atoms with E-state index in [0.29, 0.717) is 18.4 Å². The van der Waals surface area contributed by atoms with Gasteiger partial charge in [-0.25, -0.2) is 0 Å². The molecular formula is C13H17N5O. The molecule has 0 amide bonds. The molecule has 1 aromatic heterocycles. The van der Waals surface area contributed by atoms with Gasteiger partial charge in [0.05, 0.1) is 6.61 Å². The van der Waals surface area contributed by atoms with Gasteiger partial charge in [0.15, 0.2) is 5.82 Å². The lowest BCUT2D eigenvalue weighted by Gasteiger charge is -2.11. The third kappa shape index (κ3) is 3.09. The number of aromatic nitrogens is 3. The molecule has 6 heteroatoms. The van der Waals surface area contributed by atoms with E-state index in [4.69, 9.17) is 10.5 Å². The standard InChI is InChI=1S/C13H17N5O/c1-4-19-10-7-5-6-9(8-10)11-15-12(14)17-13(16-11)18(2)3/h5-8H,4H2,1-3H3,(H2,14,15,16,17). The van der Waals surface area contributed by atoms with Gasteiger partial charge in [-0.2, -0.15) is 15.0 Å². The third-order valence-corrected chi connectivity index (χ3v) is 2.44. The van der Waals surface area contributed by atoms with Crippen LogP contribution in [-0.2, 0) is 0 Å². The molecule has 0 atom stereocenters. The van der Waals surface area contributed by atoms with Crippen LogP contribution < -0.4 is 15.4 Å². The summed E-state index contributed by atoms with van der Waals surface area (Å²) in [5.41, 5.74) is 6.56. The summed E-state index contributed by atoms with van der Waals surface area (Å²) >= 11 is 0. The van der Waals surface area contributed by atoms with Crippen LogP contribution in [-0.4, -0.2) is 35.7 Å². The molecule has 0 radical (unpaired) electrons. The summed E-state index contributed by atoms with van der Waals surface area (Å²) in [6.07, 6.45) is 0. The summed E-state index contributed by atoms with van der Waals surface area (Å²) in [5, 5.41) is 0. The number of ether oxygens (including phenoxy) is 1. The lowest BCUT2D eigenvalue weighted by molar-refractivity contribution is 0.340. The molecular weight excluding hydrogens is 242 g/mol. The molecule has 6 nitrogen and oxygen atoms in total. The molecule has 0 aliphatic rings. The second-order valence-corrected chi connectivity index (χ2v) is 4.17. The predicted octanol–water partition coefficient (Wildman–Crippen LogP) is 1.59. The van der Waals surface area contributed by atoms with Gasteiger partial charge in [0.2, 0.25) is 11.9 Å². The predicted molar refractivity (Wildman–Crippen MR) is 75.2 cm³/mol. The molecule has 0 bridgehead atoms. The minimum Gasteiger partial charge on any atom is -0.494 e. The molecule has 1 heterocycles. The summed E-state index contributed by atoms with van der Waals surface area (Å²) in [5.74, 6) is 2.06. The Hall–Kier alpha value is -2.37. The fraction of sp³-hybridized carbons (Fsp3) is 0.308. The van der Waals surface area contributed by atoms with Crippen LogP contribution >= 0.6 is 0 Å². The lowest BCUT2D eigenvalue weighted by atomic mass is 10.2. The van der Waals surface area contributed by atoms with E-state index in [0.717, 1.165) is 11.3 Å². The number of benzene rings is 1. The van der Waals surface area contributed by atoms with Gasteiger partial charge in [0.25, 0.3) is 0 Å². The summed E-state index contributed by atoms with van der Waals surface area (Å²) in [4.78, 5) is 14.4. The van der Waals surface area contributed by atoms with Crippen LogP contribution in [0.15, 0.2) is 24.3 Å². The molecule has 0 spiro atoms. The van der Waals surface area contributed by atoms with Crippen molar-refractivity contribution in [3.63, 3.8) is 0 Å². The maximum absolute atomic E-state index is 5.71. The maximum Gasteiger partial charge on any atom is 0.230 e. The van der Waals surface area contributed by atoms with E-state index in [-0.39, 0.29) is 5.95 Å². The molecule has 2 rings (SSSR count). The first-order valence-electron chi connectivity index (χ1n) is 6.02. The van der Waals surface area contributed by atoms with E-state index in [1.807, 2.05) is 45.3 Å². The Balaban J connectivity index is 2.43. The Kier molecular flexibility index (Phi) is 3.79. The van der Waals surface area contributed by atoms with E-state index >= 15 is 0 Å². The maximum atomic E-state index is 5.71. The first-order valence-corrected chi connectivity index (χ1v) is 6.02. The lowest BCUT2D eigenvalue weighted by Crippen LogP contribution is -2.15. The van der Waals surface area contributed by atoms with Gasteiger partial charge in [-0.3, -0.25) is 0 Å². The molecule has 0 aliphatic carbocycles. The number of hydrogen-bond donors (Lipinski definition) is 1. The van der Waals surface area contributed by atoms with Gasteiger partial charge in [-0.05, 0) is 19.1 Å². The number of hydrogen-bond acceptors (Lipinski definition) is 6. The minimum absolute atomic E-state index is 0.204. The Labute approximate surface area is 112 Å². The van der Waals surface area contributed by atoms with E-state index in [1.54, 1.807) is 4.90 Å². The topological polar surface area (TPSA) is 77.2 Å². The van der Waals surface area contributed by atoms with Gasteiger partial charge >= 0.3 is 0 Å². The van der Waals surface area contributed by atoms with Gasteiger partial charge in [0, 0.05) is 19.7 Å². The molecule has 0 aliphatic heterocycles. The quantitative estimate of drug-likeness (QED) is 0.898. The zero-order valence-electron chi connectivity index (χ0n) is 11.3.